The summed E-state index contributed by atoms with van der Waals surface area (Å²) in [5.41, 5.74) is 0. The maximum Gasteiger partial charge on any atom is 0.472 e. The summed E-state index contributed by atoms with van der Waals surface area (Å²) in [5.74, 6) is -0.492. The van der Waals surface area contributed by atoms with Crippen LogP contribution in [-0.2, 0) is 65.4 Å². The van der Waals surface area contributed by atoms with Crippen molar-refractivity contribution in [2.45, 2.75) is 477 Å². The minimum absolute atomic E-state index is 0.108. The molecule has 5 atom stereocenters. The second-order valence-corrected chi connectivity index (χ2v) is 34.8. The maximum absolute atomic E-state index is 13.1. The SMILES string of the molecule is CCCCCCCCCCCCCCCCCCCCCCCC(=O)O[C@H](COC(=O)CCCCCCCCCCCCCCCCCCC(C)C)COP(=O)(O)OC[C@@H](O)COP(=O)(O)OC[C@@H](COC(=O)CCCCCCCCC)OC(=O)CCCCCCCCCCCCCCCCCC(C)C. The second-order valence-electron chi connectivity index (χ2n) is 31.9. The molecular formula is C86H168O17P2. The molecule has 624 valence electrons. The van der Waals surface area contributed by atoms with Gasteiger partial charge in [-0.05, 0) is 37.5 Å². The number of phosphoric ester groups is 2. The Hall–Kier alpha value is -1.94. The molecule has 17 nitrogen and oxygen atoms in total. The van der Waals surface area contributed by atoms with Crippen LogP contribution in [0.5, 0.6) is 0 Å². The Balaban J connectivity index is 5.16. The summed E-state index contributed by atoms with van der Waals surface area (Å²) in [6.45, 7) is 9.68. The normalized spacial score (nSPS) is 13.8. The molecule has 2 unspecified atom stereocenters. The average Bonchev–Trinajstić information content (AvgIpc) is 0.907. The molecule has 0 spiro atoms. The van der Waals surface area contributed by atoms with Gasteiger partial charge in [-0.25, -0.2) is 9.13 Å². The van der Waals surface area contributed by atoms with Gasteiger partial charge in [0.15, 0.2) is 12.2 Å². The van der Waals surface area contributed by atoms with Crippen molar-refractivity contribution in [1.29, 1.82) is 0 Å². The summed E-state index contributed by atoms with van der Waals surface area (Å²) >= 11 is 0. The summed E-state index contributed by atoms with van der Waals surface area (Å²) in [6.07, 6.45) is 69.7. The Labute approximate surface area is 645 Å². The van der Waals surface area contributed by atoms with Gasteiger partial charge in [0, 0.05) is 25.7 Å². The van der Waals surface area contributed by atoms with Crippen LogP contribution in [0.4, 0.5) is 0 Å². The van der Waals surface area contributed by atoms with Crippen LogP contribution in [0.2, 0.25) is 0 Å². The molecule has 0 radical (unpaired) electrons. The molecule has 0 saturated heterocycles. The first-order valence-corrected chi connectivity index (χ1v) is 47.5. The molecule has 0 saturated carbocycles. The summed E-state index contributed by atoms with van der Waals surface area (Å²) in [7, 11) is -9.92. The van der Waals surface area contributed by atoms with Gasteiger partial charge in [-0.3, -0.25) is 37.3 Å². The van der Waals surface area contributed by atoms with E-state index in [2.05, 4.69) is 41.5 Å². The number of aliphatic hydroxyl groups excluding tert-OH is 1. The van der Waals surface area contributed by atoms with Gasteiger partial charge in [-0.1, -0.05) is 408 Å². The monoisotopic (exact) mass is 1540 g/mol. The highest BCUT2D eigenvalue weighted by Gasteiger charge is 2.30. The molecule has 0 amide bonds. The van der Waals surface area contributed by atoms with Crippen LogP contribution in [0.25, 0.3) is 0 Å². The number of carbonyl (C=O) groups is 4. The van der Waals surface area contributed by atoms with E-state index in [1.807, 2.05) is 0 Å². The number of aliphatic hydroxyl groups is 1. The predicted octanol–water partition coefficient (Wildman–Crippen LogP) is 26.2. The van der Waals surface area contributed by atoms with Crippen molar-refractivity contribution >= 4 is 39.5 Å². The van der Waals surface area contributed by atoms with Gasteiger partial charge in [-0.15, -0.1) is 0 Å². The smallest absolute Gasteiger partial charge is 0.462 e. The summed E-state index contributed by atoms with van der Waals surface area (Å²) in [5, 5.41) is 10.7. The van der Waals surface area contributed by atoms with Crippen LogP contribution >= 0.6 is 15.6 Å². The van der Waals surface area contributed by atoms with Crippen molar-refractivity contribution < 1.29 is 80.2 Å². The van der Waals surface area contributed by atoms with Crippen LogP contribution in [0.3, 0.4) is 0 Å². The molecule has 3 N–H and O–H groups in total. The van der Waals surface area contributed by atoms with E-state index in [4.69, 9.17) is 37.0 Å². The first-order chi connectivity index (χ1) is 50.9. The zero-order valence-electron chi connectivity index (χ0n) is 69.0. The lowest BCUT2D eigenvalue weighted by molar-refractivity contribution is -0.161. The number of rotatable bonds is 85. The van der Waals surface area contributed by atoms with Crippen molar-refractivity contribution in [1.82, 2.24) is 0 Å². The zero-order chi connectivity index (χ0) is 77.1. The van der Waals surface area contributed by atoms with Crippen LogP contribution in [-0.4, -0.2) is 96.7 Å². The van der Waals surface area contributed by atoms with Crippen LogP contribution in [0, 0.1) is 11.8 Å². The number of unbranched alkanes of at least 4 members (excludes halogenated alkanes) is 55. The molecule has 0 bridgehead atoms. The van der Waals surface area contributed by atoms with Gasteiger partial charge in [0.05, 0.1) is 26.4 Å². The van der Waals surface area contributed by atoms with E-state index in [1.54, 1.807) is 0 Å². The predicted molar refractivity (Wildman–Crippen MR) is 432 cm³/mol. The van der Waals surface area contributed by atoms with Gasteiger partial charge in [0.25, 0.3) is 0 Å². The molecule has 0 aromatic heterocycles. The van der Waals surface area contributed by atoms with E-state index in [0.717, 1.165) is 115 Å². The first kappa shape index (κ1) is 103. The third-order valence-electron chi connectivity index (χ3n) is 20.2. The van der Waals surface area contributed by atoms with E-state index >= 15 is 0 Å². The van der Waals surface area contributed by atoms with Gasteiger partial charge in [0.2, 0.25) is 0 Å². The van der Waals surface area contributed by atoms with Gasteiger partial charge >= 0.3 is 39.5 Å². The van der Waals surface area contributed by atoms with Crippen molar-refractivity contribution in [2.75, 3.05) is 39.6 Å². The molecule has 0 aliphatic carbocycles. The number of ether oxygens (including phenoxy) is 4. The Morgan fingerprint density at radius 2 is 0.438 bits per heavy atom. The van der Waals surface area contributed by atoms with E-state index in [1.165, 1.54) is 263 Å². The van der Waals surface area contributed by atoms with Gasteiger partial charge < -0.3 is 33.8 Å². The largest absolute Gasteiger partial charge is 0.472 e. The lowest BCUT2D eigenvalue weighted by Crippen LogP contribution is -2.30. The summed E-state index contributed by atoms with van der Waals surface area (Å²) < 4.78 is 68.8. The number of phosphoric acid groups is 2. The highest BCUT2D eigenvalue weighted by Crippen LogP contribution is 2.45. The van der Waals surface area contributed by atoms with E-state index in [9.17, 15) is 43.2 Å². The van der Waals surface area contributed by atoms with Crippen molar-refractivity contribution in [2.24, 2.45) is 11.8 Å². The Morgan fingerprint density at radius 3 is 0.648 bits per heavy atom. The minimum atomic E-state index is -4.96. The molecule has 0 aromatic carbocycles. The molecule has 19 heteroatoms. The summed E-state index contributed by atoms with van der Waals surface area (Å²) in [6, 6.07) is 0. The highest BCUT2D eigenvalue weighted by atomic mass is 31.2. The lowest BCUT2D eigenvalue weighted by atomic mass is 10.0. The Kier molecular flexibility index (Phi) is 76.0. The molecule has 0 aliphatic heterocycles. The lowest BCUT2D eigenvalue weighted by Gasteiger charge is -2.21. The van der Waals surface area contributed by atoms with Gasteiger partial charge in [0.1, 0.15) is 19.3 Å². The average molecular weight is 1540 g/mol. The fraction of sp³-hybridized carbons (Fsp3) is 0.953. The molecule has 105 heavy (non-hydrogen) atoms. The van der Waals surface area contributed by atoms with E-state index in [0.29, 0.717) is 25.7 Å². The van der Waals surface area contributed by atoms with Crippen LogP contribution in [0.1, 0.15) is 459 Å². The molecule has 0 aromatic rings. The van der Waals surface area contributed by atoms with Gasteiger partial charge in [-0.2, -0.15) is 0 Å². The fourth-order valence-electron chi connectivity index (χ4n) is 13.4. The maximum atomic E-state index is 13.1. The Bertz CT molecular complexity index is 2010. The fourth-order valence-corrected chi connectivity index (χ4v) is 15.0. The van der Waals surface area contributed by atoms with Crippen LogP contribution in [0.15, 0.2) is 0 Å². The Morgan fingerprint density at radius 1 is 0.257 bits per heavy atom. The topological polar surface area (TPSA) is 237 Å². The van der Waals surface area contributed by atoms with Crippen molar-refractivity contribution in [3.05, 3.63) is 0 Å². The second kappa shape index (κ2) is 77.4. The number of carbonyl (C=O) groups excluding carboxylic acids is 4. The van der Waals surface area contributed by atoms with E-state index < -0.39 is 97.5 Å². The standard InChI is InChI=1S/C86H168O17P2/c1-7-9-11-13-15-16-17-18-19-20-21-22-23-24-31-36-41-46-52-58-64-71-86(91)103-82(75-97-84(89)69-63-57-51-45-40-35-30-26-25-28-33-38-43-49-54-60-66-78(3)4)77-101-105(94,95)99-73-80(87)72-98-104(92,93)100-76-81(74-96-83(88)68-62-56-48-14-12-10-8-2)102-85(90)70-65-59-53-47-42-37-32-27-29-34-39-44-50-55-61-67-79(5)6/h78-82,87H,7-77H2,1-6H3,(H,92,93)(H,94,95)/t80-,81+,82+/m0/s1. The number of esters is 4. The summed E-state index contributed by atoms with van der Waals surface area (Å²) in [4.78, 5) is 73.1. The van der Waals surface area contributed by atoms with Crippen molar-refractivity contribution in [3.8, 4) is 0 Å². The molecular weight excluding hydrogens is 1370 g/mol. The third-order valence-corrected chi connectivity index (χ3v) is 22.1. The minimum Gasteiger partial charge on any atom is -0.462 e. The molecule has 0 aliphatic rings. The molecule has 0 heterocycles. The molecule has 0 fully saturated rings. The number of hydrogen-bond donors (Lipinski definition) is 3. The zero-order valence-corrected chi connectivity index (χ0v) is 70.8. The van der Waals surface area contributed by atoms with E-state index in [-0.39, 0.29) is 25.7 Å². The quantitative estimate of drug-likeness (QED) is 0.0222. The first-order valence-electron chi connectivity index (χ1n) is 44.5. The van der Waals surface area contributed by atoms with Crippen molar-refractivity contribution in [3.63, 3.8) is 0 Å². The van der Waals surface area contributed by atoms with Crippen LogP contribution < -0.4 is 0 Å². The number of hydrogen-bond acceptors (Lipinski definition) is 15. The highest BCUT2D eigenvalue weighted by molar-refractivity contribution is 7.47. The molecule has 0 rings (SSSR count). The third kappa shape index (κ3) is 79.9.